The average molecular weight is 262 g/mol. The standard InChI is InChI=1S/C16H26N2O/c1-13(2)18(10-11-19-3)15-9-8-14-6-4-5-7-16(14)17-12-15/h4-7,13,15,17H,8-12H2,1-3H3. The predicted octanol–water partition coefficient (Wildman–Crippen LogP) is 2.77. The van der Waals surface area contributed by atoms with Crippen LogP contribution in [0.4, 0.5) is 5.69 Å². The Bertz CT molecular complexity index is 365. The van der Waals surface area contributed by atoms with Crippen LogP contribution in [0.2, 0.25) is 0 Å². The van der Waals surface area contributed by atoms with Crippen molar-refractivity contribution in [3.05, 3.63) is 29.8 Å². The lowest BCUT2D eigenvalue weighted by Crippen LogP contribution is -2.45. The number of ether oxygens (including phenoxy) is 1. The maximum atomic E-state index is 5.24. The molecule has 0 aliphatic carbocycles. The summed E-state index contributed by atoms with van der Waals surface area (Å²) in [4.78, 5) is 2.56. The van der Waals surface area contributed by atoms with Crippen molar-refractivity contribution in [1.29, 1.82) is 0 Å². The Kier molecular flexibility index (Phi) is 5.23. The topological polar surface area (TPSA) is 24.5 Å². The number of para-hydroxylation sites is 1. The van der Waals surface area contributed by atoms with Crippen LogP contribution in [0.5, 0.6) is 0 Å². The number of aryl methyl sites for hydroxylation is 1. The number of rotatable bonds is 5. The Labute approximate surface area is 116 Å². The summed E-state index contributed by atoms with van der Waals surface area (Å²) in [6.07, 6.45) is 2.37. The molecule has 3 heteroatoms. The van der Waals surface area contributed by atoms with Gasteiger partial charge in [0.2, 0.25) is 0 Å². The third-order valence-electron chi connectivity index (χ3n) is 3.98. The highest BCUT2D eigenvalue weighted by Crippen LogP contribution is 2.23. The first-order chi connectivity index (χ1) is 9.22. The zero-order valence-corrected chi connectivity index (χ0v) is 12.4. The monoisotopic (exact) mass is 262 g/mol. The van der Waals surface area contributed by atoms with Crippen LogP contribution in [0.1, 0.15) is 25.8 Å². The Morgan fingerprint density at radius 1 is 1.37 bits per heavy atom. The van der Waals surface area contributed by atoms with Gasteiger partial charge in [0.25, 0.3) is 0 Å². The van der Waals surface area contributed by atoms with E-state index < -0.39 is 0 Å². The molecule has 0 aromatic heterocycles. The number of anilines is 1. The van der Waals surface area contributed by atoms with E-state index in [0.717, 1.165) is 26.1 Å². The highest BCUT2D eigenvalue weighted by Gasteiger charge is 2.23. The third kappa shape index (κ3) is 3.71. The molecular formula is C16H26N2O. The third-order valence-corrected chi connectivity index (χ3v) is 3.98. The summed E-state index contributed by atoms with van der Waals surface area (Å²) < 4.78 is 5.24. The average Bonchev–Trinajstić information content (AvgIpc) is 2.62. The minimum atomic E-state index is 0.558. The number of benzene rings is 1. The van der Waals surface area contributed by atoms with Crippen molar-refractivity contribution in [3.8, 4) is 0 Å². The van der Waals surface area contributed by atoms with Gasteiger partial charge in [-0.1, -0.05) is 18.2 Å². The lowest BCUT2D eigenvalue weighted by Gasteiger charge is -2.34. The van der Waals surface area contributed by atoms with Crippen molar-refractivity contribution in [1.82, 2.24) is 4.90 Å². The zero-order chi connectivity index (χ0) is 13.7. The number of methoxy groups -OCH3 is 1. The quantitative estimate of drug-likeness (QED) is 0.883. The first kappa shape index (κ1) is 14.4. The van der Waals surface area contributed by atoms with E-state index in [2.05, 4.69) is 48.3 Å². The molecule has 1 aromatic carbocycles. The van der Waals surface area contributed by atoms with E-state index in [4.69, 9.17) is 4.74 Å². The molecule has 0 amide bonds. The SMILES string of the molecule is COCCN(C(C)C)C1CCc2ccccc2NC1. The second-order valence-corrected chi connectivity index (χ2v) is 5.55. The molecule has 19 heavy (non-hydrogen) atoms. The Balaban J connectivity index is 2.02. The van der Waals surface area contributed by atoms with Crippen molar-refractivity contribution in [2.75, 3.05) is 32.1 Å². The van der Waals surface area contributed by atoms with Gasteiger partial charge in [0.15, 0.2) is 0 Å². The van der Waals surface area contributed by atoms with Crippen molar-refractivity contribution in [2.24, 2.45) is 0 Å². The zero-order valence-electron chi connectivity index (χ0n) is 12.4. The summed E-state index contributed by atoms with van der Waals surface area (Å²) in [6.45, 7) is 7.39. The Morgan fingerprint density at radius 3 is 2.89 bits per heavy atom. The molecule has 1 aliphatic rings. The number of nitrogens with one attached hydrogen (secondary N) is 1. The molecule has 1 aliphatic heterocycles. The van der Waals surface area contributed by atoms with E-state index in [-0.39, 0.29) is 0 Å². The fourth-order valence-corrected chi connectivity index (χ4v) is 2.90. The van der Waals surface area contributed by atoms with Crippen LogP contribution in [0.3, 0.4) is 0 Å². The molecule has 0 saturated heterocycles. The Morgan fingerprint density at radius 2 is 2.16 bits per heavy atom. The summed E-state index contributed by atoms with van der Waals surface area (Å²) in [5, 5.41) is 3.60. The van der Waals surface area contributed by atoms with Crippen molar-refractivity contribution < 1.29 is 4.74 Å². The number of hydrogen-bond acceptors (Lipinski definition) is 3. The van der Waals surface area contributed by atoms with Crippen molar-refractivity contribution in [2.45, 2.75) is 38.8 Å². The van der Waals surface area contributed by atoms with Gasteiger partial charge in [0, 0.05) is 38.0 Å². The molecule has 0 bridgehead atoms. The number of nitrogens with zero attached hydrogens (tertiary/aromatic N) is 1. The molecular weight excluding hydrogens is 236 g/mol. The van der Waals surface area contributed by atoms with E-state index in [1.54, 1.807) is 7.11 Å². The van der Waals surface area contributed by atoms with Crippen LogP contribution in [-0.4, -0.2) is 43.8 Å². The van der Waals surface area contributed by atoms with Crippen molar-refractivity contribution >= 4 is 5.69 Å². The minimum Gasteiger partial charge on any atom is -0.383 e. The van der Waals surface area contributed by atoms with E-state index >= 15 is 0 Å². The molecule has 1 heterocycles. The lowest BCUT2D eigenvalue weighted by atomic mass is 10.0. The number of hydrogen-bond donors (Lipinski definition) is 1. The summed E-state index contributed by atoms with van der Waals surface area (Å²) in [7, 11) is 1.78. The molecule has 1 N–H and O–H groups in total. The van der Waals surface area contributed by atoms with E-state index in [9.17, 15) is 0 Å². The molecule has 1 atom stereocenters. The first-order valence-corrected chi connectivity index (χ1v) is 7.29. The largest absolute Gasteiger partial charge is 0.383 e. The van der Waals surface area contributed by atoms with Crippen LogP contribution in [0.25, 0.3) is 0 Å². The highest BCUT2D eigenvalue weighted by atomic mass is 16.5. The van der Waals surface area contributed by atoms with Gasteiger partial charge in [-0.05, 0) is 38.3 Å². The van der Waals surface area contributed by atoms with Crippen LogP contribution in [-0.2, 0) is 11.2 Å². The van der Waals surface area contributed by atoms with E-state index in [0.29, 0.717) is 12.1 Å². The van der Waals surface area contributed by atoms with Crippen LogP contribution in [0.15, 0.2) is 24.3 Å². The molecule has 2 rings (SSSR count). The van der Waals surface area contributed by atoms with Crippen molar-refractivity contribution in [3.63, 3.8) is 0 Å². The summed E-state index contributed by atoms with van der Waals surface area (Å²) in [6, 6.07) is 9.81. The molecule has 0 spiro atoms. The van der Waals surface area contributed by atoms with Gasteiger partial charge >= 0.3 is 0 Å². The maximum Gasteiger partial charge on any atom is 0.0589 e. The van der Waals surface area contributed by atoms with Gasteiger partial charge in [0.1, 0.15) is 0 Å². The molecule has 106 valence electrons. The highest BCUT2D eigenvalue weighted by molar-refractivity contribution is 5.52. The first-order valence-electron chi connectivity index (χ1n) is 7.29. The second-order valence-electron chi connectivity index (χ2n) is 5.55. The van der Waals surface area contributed by atoms with Gasteiger partial charge in [-0.25, -0.2) is 0 Å². The molecule has 1 aromatic rings. The molecule has 3 nitrogen and oxygen atoms in total. The normalized spacial score (nSPS) is 19.1. The molecule has 1 unspecified atom stereocenters. The second kappa shape index (κ2) is 6.92. The summed E-state index contributed by atoms with van der Waals surface area (Å²) in [5.41, 5.74) is 2.75. The molecule has 0 fully saturated rings. The smallest absolute Gasteiger partial charge is 0.0589 e. The van der Waals surface area contributed by atoms with Gasteiger partial charge in [-0.3, -0.25) is 4.90 Å². The van der Waals surface area contributed by atoms with E-state index in [1.165, 1.54) is 17.7 Å². The maximum absolute atomic E-state index is 5.24. The van der Waals surface area contributed by atoms with Gasteiger partial charge in [0.05, 0.1) is 6.61 Å². The fraction of sp³-hybridized carbons (Fsp3) is 0.625. The minimum absolute atomic E-state index is 0.558. The summed E-state index contributed by atoms with van der Waals surface area (Å²) >= 11 is 0. The van der Waals surface area contributed by atoms with E-state index in [1.807, 2.05) is 0 Å². The molecule has 0 radical (unpaired) electrons. The number of fused-ring (bicyclic) bond motifs is 1. The van der Waals surface area contributed by atoms with Crippen LogP contribution >= 0.6 is 0 Å². The van der Waals surface area contributed by atoms with Crippen LogP contribution < -0.4 is 5.32 Å². The molecule has 0 saturated carbocycles. The van der Waals surface area contributed by atoms with Gasteiger partial charge < -0.3 is 10.1 Å². The predicted molar refractivity (Wildman–Crippen MR) is 80.8 cm³/mol. The summed E-state index contributed by atoms with van der Waals surface area (Å²) in [5.74, 6) is 0. The van der Waals surface area contributed by atoms with Crippen LogP contribution in [0, 0.1) is 0 Å². The van der Waals surface area contributed by atoms with Gasteiger partial charge in [-0.2, -0.15) is 0 Å². The lowest BCUT2D eigenvalue weighted by molar-refractivity contribution is 0.0967. The fourth-order valence-electron chi connectivity index (χ4n) is 2.90. The van der Waals surface area contributed by atoms with Gasteiger partial charge in [-0.15, -0.1) is 0 Å². The Hall–Kier alpha value is -1.06.